The molecule has 1 saturated heterocycles. The van der Waals surface area contributed by atoms with Gasteiger partial charge >= 0.3 is 0 Å². The first-order chi connectivity index (χ1) is 9.66. The summed E-state index contributed by atoms with van der Waals surface area (Å²) < 4.78 is 0. The lowest BCUT2D eigenvalue weighted by atomic mass is 9.91. The molecule has 0 radical (unpaired) electrons. The molecule has 1 heterocycles. The van der Waals surface area contributed by atoms with Crippen molar-refractivity contribution in [1.82, 2.24) is 9.80 Å². The van der Waals surface area contributed by atoms with E-state index >= 15 is 0 Å². The molecule has 3 aliphatic rings. The molecule has 2 saturated carbocycles. The second kappa shape index (κ2) is 5.94. The molecule has 2 N–H and O–H groups in total. The zero-order chi connectivity index (χ0) is 14.2. The average Bonchev–Trinajstić information content (AvgIpc) is 3.26. The van der Waals surface area contributed by atoms with Crippen LogP contribution in [0.25, 0.3) is 0 Å². The monoisotopic (exact) mass is 279 g/mol. The zero-order valence-electron chi connectivity index (χ0n) is 13.5. The summed E-state index contributed by atoms with van der Waals surface area (Å²) in [7, 11) is 2.37. The van der Waals surface area contributed by atoms with Gasteiger partial charge in [0.05, 0.1) is 0 Å². The quantitative estimate of drug-likeness (QED) is 0.803. The molecule has 0 amide bonds. The molecule has 3 heteroatoms. The van der Waals surface area contributed by atoms with Gasteiger partial charge in [0, 0.05) is 36.8 Å². The molecule has 20 heavy (non-hydrogen) atoms. The predicted octanol–water partition coefficient (Wildman–Crippen LogP) is 2.60. The van der Waals surface area contributed by atoms with Crippen LogP contribution in [0.1, 0.15) is 64.7 Å². The van der Waals surface area contributed by atoms with Crippen molar-refractivity contribution in [3.63, 3.8) is 0 Å². The Bertz CT molecular complexity index is 320. The third-order valence-electron chi connectivity index (χ3n) is 6.23. The van der Waals surface area contributed by atoms with Crippen LogP contribution < -0.4 is 5.73 Å². The van der Waals surface area contributed by atoms with Crippen LogP contribution in [0.15, 0.2) is 0 Å². The lowest BCUT2D eigenvalue weighted by Gasteiger charge is -2.43. The number of nitrogens with zero attached hydrogens (tertiary/aromatic N) is 2. The minimum atomic E-state index is 0.247. The van der Waals surface area contributed by atoms with Gasteiger partial charge in [-0.1, -0.05) is 25.7 Å². The number of likely N-dealkylation sites (tertiary alicyclic amines) is 1. The second-order valence-corrected chi connectivity index (χ2v) is 7.64. The van der Waals surface area contributed by atoms with Gasteiger partial charge in [-0.05, 0) is 46.1 Å². The Morgan fingerprint density at radius 2 is 1.75 bits per heavy atom. The highest BCUT2D eigenvalue weighted by Crippen LogP contribution is 2.40. The first-order valence-electron chi connectivity index (χ1n) is 8.85. The largest absolute Gasteiger partial charge is 0.329 e. The molecule has 0 spiro atoms. The van der Waals surface area contributed by atoms with E-state index in [0.29, 0.717) is 0 Å². The zero-order valence-corrected chi connectivity index (χ0v) is 13.5. The Balaban J connectivity index is 1.71. The molecular weight excluding hydrogens is 246 g/mol. The van der Waals surface area contributed by atoms with Crippen LogP contribution in [0.5, 0.6) is 0 Å². The van der Waals surface area contributed by atoms with Gasteiger partial charge in [0.2, 0.25) is 0 Å². The highest BCUT2D eigenvalue weighted by molar-refractivity contribution is 5.07. The Labute approximate surface area is 124 Å². The molecule has 3 nitrogen and oxygen atoms in total. The van der Waals surface area contributed by atoms with Gasteiger partial charge in [-0.2, -0.15) is 0 Å². The number of hydrogen-bond acceptors (Lipinski definition) is 3. The van der Waals surface area contributed by atoms with Crippen molar-refractivity contribution in [3.8, 4) is 0 Å². The number of rotatable bonds is 4. The molecule has 2 unspecified atom stereocenters. The van der Waals surface area contributed by atoms with E-state index in [1.165, 1.54) is 64.3 Å². The smallest absolute Gasteiger partial charge is 0.0473 e. The Kier molecular flexibility index (Phi) is 4.40. The molecule has 0 aromatic carbocycles. The van der Waals surface area contributed by atoms with Crippen LogP contribution in [-0.4, -0.2) is 53.6 Å². The summed E-state index contributed by atoms with van der Waals surface area (Å²) in [6.07, 6.45) is 12.6. The third-order valence-corrected chi connectivity index (χ3v) is 6.23. The van der Waals surface area contributed by atoms with Crippen LogP contribution in [0.2, 0.25) is 0 Å². The van der Waals surface area contributed by atoms with Gasteiger partial charge < -0.3 is 5.73 Å². The van der Waals surface area contributed by atoms with Crippen LogP contribution in [-0.2, 0) is 0 Å². The van der Waals surface area contributed by atoms with Crippen molar-refractivity contribution in [2.24, 2.45) is 5.73 Å². The van der Waals surface area contributed by atoms with Crippen LogP contribution in [0, 0.1) is 0 Å². The van der Waals surface area contributed by atoms with Crippen LogP contribution >= 0.6 is 0 Å². The number of nitrogens with two attached hydrogens (primary N) is 1. The van der Waals surface area contributed by atoms with Gasteiger partial charge in [-0.15, -0.1) is 0 Å². The highest BCUT2D eigenvalue weighted by atomic mass is 15.3. The van der Waals surface area contributed by atoms with Crippen molar-refractivity contribution in [3.05, 3.63) is 0 Å². The maximum atomic E-state index is 6.29. The summed E-state index contributed by atoms with van der Waals surface area (Å²) in [6.45, 7) is 4.45. The van der Waals surface area contributed by atoms with E-state index in [-0.39, 0.29) is 5.54 Å². The van der Waals surface area contributed by atoms with E-state index in [9.17, 15) is 0 Å². The Morgan fingerprint density at radius 3 is 2.30 bits per heavy atom. The van der Waals surface area contributed by atoms with Crippen molar-refractivity contribution in [2.45, 2.75) is 88.4 Å². The maximum Gasteiger partial charge on any atom is 0.0473 e. The van der Waals surface area contributed by atoms with E-state index in [2.05, 4.69) is 23.8 Å². The molecule has 1 aliphatic heterocycles. The SMILES string of the molecule is CC1CC(CN)(N(C)C2CCCCCC2)CN1C1CC1. The minimum Gasteiger partial charge on any atom is -0.329 e. The second-order valence-electron chi connectivity index (χ2n) is 7.64. The number of likely N-dealkylation sites (N-methyl/N-ethyl adjacent to an activating group) is 1. The molecule has 116 valence electrons. The lowest BCUT2D eigenvalue weighted by Crippen LogP contribution is -2.57. The fraction of sp³-hybridized carbons (Fsp3) is 1.00. The summed E-state index contributed by atoms with van der Waals surface area (Å²) >= 11 is 0. The van der Waals surface area contributed by atoms with E-state index in [1.54, 1.807) is 0 Å². The van der Waals surface area contributed by atoms with Gasteiger partial charge in [-0.3, -0.25) is 9.80 Å². The number of hydrogen-bond donors (Lipinski definition) is 1. The molecular formula is C17H33N3. The summed E-state index contributed by atoms with van der Waals surface area (Å²) in [5.74, 6) is 0. The van der Waals surface area contributed by atoms with Crippen molar-refractivity contribution in [1.29, 1.82) is 0 Å². The summed E-state index contributed by atoms with van der Waals surface area (Å²) in [5, 5.41) is 0. The molecule has 3 rings (SSSR count). The average molecular weight is 279 g/mol. The van der Waals surface area contributed by atoms with E-state index in [1.807, 2.05) is 0 Å². The summed E-state index contributed by atoms with van der Waals surface area (Å²) in [4.78, 5) is 5.46. The summed E-state index contributed by atoms with van der Waals surface area (Å²) in [5.41, 5.74) is 6.54. The van der Waals surface area contributed by atoms with Gasteiger partial charge in [0.15, 0.2) is 0 Å². The van der Waals surface area contributed by atoms with Gasteiger partial charge in [0.1, 0.15) is 0 Å². The van der Waals surface area contributed by atoms with E-state index < -0.39 is 0 Å². The fourth-order valence-corrected chi connectivity index (χ4v) is 4.70. The fourth-order valence-electron chi connectivity index (χ4n) is 4.70. The molecule has 0 aromatic heterocycles. The minimum absolute atomic E-state index is 0.247. The molecule has 2 aliphatic carbocycles. The predicted molar refractivity (Wildman–Crippen MR) is 84.8 cm³/mol. The van der Waals surface area contributed by atoms with Crippen molar-refractivity contribution < 1.29 is 0 Å². The van der Waals surface area contributed by atoms with E-state index in [4.69, 9.17) is 5.73 Å². The van der Waals surface area contributed by atoms with E-state index in [0.717, 1.165) is 24.7 Å². The highest BCUT2D eigenvalue weighted by Gasteiger charge is 2.49. The Hall–Kier alpha value is -0.120. The van der Waals surface area contributed by atoms with Crippen LogP contribution in [0.4, 0.5) is 0 Å². The standard InChI is InChI=1S/C17H33N3/c1-14-11-17(12-18,13-20(14)16-9-10-16)19(2)15-7-5-3-4-6-8-15/h14-16H,3-13,18H2,1-2H3. The summed E-state index contributed by atoms with van der Waals surface area (Å²) in [6, 6.07) is 2.37. The first kappa shape index (κ1) is 14.8. The van der Waals surface area contributed by atoms with Gasteiger partial charge in [0.25, 0.3) is 0 Å². The maximum absolute atomic E-state index is 6.29. The topological polar surface area (TPSA) is 32.5 Å². The molecule has 0 bridgehead atoms. The van der Waals surface area contributed by atoms with Gasteiger partial charge in [-0.25, -0.2) is 0 Å². The molecule has 3 fully saturated rings. The van der Waals surface area contributed by atoms with Crippen LogP contribution in [0.3, 0.4) is 0 Å². The molecule has 0 aromatic rings. The van der Waals surface area contributed by atoms with Crippen molar-refractivity contribution in [2.75, 3.05) is 20.1 Å². The van der Waals surface area contributed by atoms with Crippen molar-refractivity contribution >= 4 is 0 Å². The first-order valence-corrected chi connectivity index (χ1v) is 8.85. The lowest BCUT2D eigenvalue weighted by molar-refractivity contribution is 0.0729. The third kappa shape index (κ3) is 2.77. The Morgan fingerprint density at radius 1 is 1.10 bits per heavy atom. The normalized spacial score (nSPS) is 37.5. The molecule has 2 atom stereocenters.